The van der Waals surface area contributed by atoms with Crippen molar-refractivity contribution in [3.8, 4) is 5.75 Å². The zero-order chi connectivity index (χ0) is 15.7. The molecule has 0 bridgehead atoms. The van der Waals surface area contributed by atoms with Crippen LogP contribution in [0.3, 0.4) is 0 Å². The topological polar surface area (TPSA) is 91.4 Å². The van der Waals surface area contributed by atoms with Crippen LogP contribution in [-0.4, -0.2) is 35.1 Å². The van der Waals surface area contributed by atoms with Gasteiger partial charge in [0.1, 0.15) is 11.8 Å². The van der Waals surface area contributed by atoms with Gasteiger partial charge in [0.15, 0.2) is 0 Å². The second kappa shape index (κ2) is 5.71. The highest BCUT2D eigenvalue weighted by Crippen LogP contribution is 2.33. The summed E-state index contributed by atoms with van der Waals surface area (Å²) in [5.74, 6) is -0.490. The summed E-state index contributed by atoms with van der Waals surface area (Å²) in [5, 5.41) is 12.7. The Bertz CT molecular complexity index is 718. The molecule has 6 nitrogen and oxygen atoms in total. The van der Waals surface area contributed by atoms with Crippen LogP contribution in [0.2, 0.25) is 0 Å². The van der Waals surface area contributed by atoms with Crippen LogP contribution in [0.4, 0.5) is 0 Å². The Kier molecular flexibility index (Phi) is 3.75. The minimum absolute atomic E-state index is 0.0685. The molecule has 3 N–H and O–H groups in total. The first-order valence-corrected chi connectivity index (χ1v) is 7.25. The molecule has 1 amide bonds. The number of hydrogen-bond donors (Lipinski definition) is 3. The lowest BCUT2D eigenvalue weighted by Crippen LogP contribution is -2.43. The molecule has 0 aliphatic heterocycles. The highest BCUT2D eigenvalue weighted by Gasteiger charge is 2.37. The number of carbonyl (C=O) groups excluding carboxylic acids is 1. The minimum Gasteiger partial charge on any atom is -0.496 e. The van der Waals surface area contributed by atoms with Crippen molar-refractivity contribution in [3.05, 3.63) is 30.0 Å². The molecule has 116 valence electrons. The molecule has 1 fully saturated rings. The smallest absolute Gasteiger partial charge is 0.326 e. The summed E-state index contributed by atoms with van der Waals surface area (Å²) in [6.07, 6.45) is 3.60. The Balaban J connectivity index is 1.78. The van der Waals surface area contributed by atoms with Crippen molar-refractivity contribution in [2.75, 3.05) is 7.11 Å². The van der Waals surface area contributed by atoms with Crippen LogP contribution in [0.15, 0.2) is 24.4 Å². The third-order valence-electron chi connectivity index (χ3n) is 4.00. The van der Waals surface area contributed by atoms with E-state index in [9.17, 15) is 14.7 Å². The molecule has 6 heteroatoms. The molecule has 0 spiro atoms. The molecule has 1 unspecified atom stereocenters. The Labute approximate surface area is 127 Å². The zero-order valence-electron chi connectivity index (χ0n) is 12.3. The van der Waals surface area contributed by atoms with Crippen molar-refractivity contribution in [2.24, 2.45) is 5.92 Å². The summed E-state index contributed by atoms with van der Waals surface area (Å²) in [4.78, 5) is 26.5. The molecular formula is C16H18N2O4. The van der Waals surface area contributed by atoms with E-state index in [1.54, 1.807) is 13.3 Å². The van der Waals surface area contributed by atoms with Gasteiger partial charge >= 0.3 is 5.97 Å². The quantitative estimate of drug-likeness (QED) is 0.757. The Morgan fingerprint density at radius 1 is 1.45 bits per heavy atom. The first-order chi connectivity index (χ1) is 10.6. The number of rotatable bonds is 6. The van der Waals surface area contributed by atoms with Crippen molar-refractivity contribution >= 4 is 22.8 Å². The standard InChI is InChI=1S/C16H18N2O4/c1-22-12-4-2-3-11-14(12)10(8-17-11)7-13(19)18-15(16(20)21)9-5-6-9/h2-4,8-9,15,17H,5-7H2,1H3,(H,18,19)(H,20,21). The van der Waals surface area contributed by atoms with Gasteiger partial charge in [-0.25, -0.2) is 4.79 Å². The van der Waals surface area contributed by atoms with Gasteiger partial charge in [0.25, 0.3) is 0 Å². The van der Waals surface area contributed by atoms with Crippen LogP contribution in [0, 0.1) is 5.92 Å². The number of aliphatic carboxylic acids is 1. The number of nitrogens with one attached hydrogen (secondary N) is 2. The molecule has 1 aromatic heterocycles. The average molecular weight is 302 g/mol. The largest absolute Gasteiger partial charge is 0.496 e. The SMILES string of the molecule is COc1cccc2[nH]cc(CC(=O)NC(C(=O)O)C3CC3)c12. The van der Waals surface area contributed by atoms with E-state index in [1.807, 2.05) is 18.2 Å². The second-order valence-corrected chi connectivity index (χ2v) is 5.59. The van der Waals surface area contributed by atoms with Gasteiger partial charge < -0.3 is 20.1 Å². The van der Waals surface area contributed by atoms with E-state index in [0.29, 0.717) is 5.75 Å². The normalized spacial score (nSPS) is 15.5. The lowest BCUT2D eigenvalue weighted by Gasteiger charge is -2.13. The number of amides is 1. The van der Waals surface area contributed by atoms with Crippen molar-refractivity contribution < 1.29 is 19.4 Å². The molecule has 1 heterocycles. The molecule has 0 radical (unpaired) electrons. The molecule has 2 aromatic rings. The van der Waals surface area contributed by atoms with E-state index < -0.39 is 12.0 Å². The number of carboxylic acids is 1. The number of hydrogen-bond acceptors (Lipinski definition) is 3. The van der Waals surface area contributed by atoms with Crippen molar-refractivity contribution in [1.82, 2.24) is 10.3 Å². The summed E-state index contributed by atoms with van der Waals surface area (Å²) in [7, 11) is 1.58. The molecule has 1 aliphatic carbocycles. The number of ether oxygens (including phenoxy) is 1. The van der Waals surface area contributed by atoms with Gasteiger partial charge in [0.2, 0.25) is 5.91 Å². The van der Waals surface area contributed by atoms with Crippen molar-refractivity contribution in [2.45, 2.75) is 25.3 Å². The maximum Gasteiger partial charge on any atom is 0.326 e. The van der Waals surface area contributed by atoms with E-state index in [4.69, 9.17) is 4.74 Å². The van der Waals surface area contributed by atoms with Gasteiger partial charge in [-0.1, -0.05) is 6.07 Å². The monoisotopic (exact) mass is 302 g/mol. The summed E-state index contributed by atoms with van der Waals surface area (Å²) < 4.78 is 5.33. The molecule has 1 aliphatic rings. The Hall–Kier alpha value is -2.50. The van der Waals surface area contributed by atoms with E-state index in [1.165, 1.54) is 0 Å². The van der Waals surface area contributed by atoms with Gasteiger partial charge in [-0.05, 0) is 36.5 Å². The number of carboxylic acid groups (broad SMARTS) is 1. The van der Waals surface area contributed by atoms with E-state index in [-0.39, 0.29) is 18.2 Å². The van der Waals surface area contributed by atoms with Gasteiger partial charge in [-0.3, -0.25) is 4.79 Å². The van der Waals surface area contributed by atoms with Gasteiger partial charge in [0, 0.05) is 17.1 Å². The predicted molar refractivity (Wildman–Crippen MR) is 80.8 cm³/mol. The third-order valence-corrected chi connectivity index (χ3v) is 4.00. The van der Waals surface area contributed by atoms with Crippen LogP contribution in [0.25, 0.3) is 10.9 Å². The molecule has 22 heavy (non-hydrogen) atoms. The van der Waals surface area contributed by atoms with E-state index in [0.717, 1.165) is 29.3 Å². The number of methoxy groups -OCH3 is 1. The van der Waals surface area contributed by atoms with Crippen molar-refractivity contribution in [1.29, 1.82) is 0 Å². The second-order valence-electron chi connectivity index (χ2n) is 5.59. The molecular weight excluding hydrogens is 284 g/mol. The fourth-order valence-corrected chi connectivity index (χ4v) is 2.74. The summed E-state index contributed by atoms with van der Waals surface area (Å²) in [6, 6.07) is 4.83. The number of fused-ring (bicyclic) bond motifs is 1. The number of H-pyrrole nitrogens is 1. The fraction of sp³-hybridized carbons (Fsp3) is 0.375. The first kappa shape index (κ1) is 14.4. The summed E-state index contributed by atoms with van der Waals surface area (Å²) in [5.41, 5.74) is 1.68. The number of benzene rings is 1. The van der Waals surface area contributed by atoms with Crippen LogP contribution >= 0.6 is 0 Å². The third kappa shape index (κ3) is 2.77. The first-order valence-electron chi connectivity index (χ1n) is 7.25. The molecule has 1 atom stereocenters. The lowest BCUT2D eigenvalue weighted by atomic mass is 10.1. The predicted octanol–water partition coefficient (Wildman–Crippen LogP) is 1.70. The molecule has 1 saturated carbocycles. The number of carbonyl (C=O) groups is 2. The van der Waals surface area contributed by atoms with Gasteiger partial charge in [-0.2, -0.15) is 0 Å². The highest BCUT2D eigenvalue weighted by molar-refractivity contribution is 5.94. The number of aromatic nitrogens is 1. The van der Waals surface area contributed by atoms with Crippen LogP contribution in [0.5, 0.6) is 5.75 Å². The van der Waals surface area contributed by atoms with E-state index >= 15 is 0 Å². The molecule has 0 saturated heterocycles. The maximum absolute atomic E-state index is 12.2. The van der Waals surface area contributed by atoms with E-state index in [2.05, 4.69) is 10.3 Å². The number of aromatic amines is 1. The summed E-state index contributed by atoms with van der Waals surface area (Å²) in [6.45, 7) is 0. The fourth-order valence-electron chi connectivity index (χ4n) is 2.74. The summed E-state index contributed by atoms with van der Waals surface area (Å²) >= 11 is 0. The van der Waals surface area contributed by atoms with Crippen LogP contribution in [0.1, 0.15) is 18.4 Å². The molecule has 1 aromatic carbocycles. The average Bonchev–Trinajstić information content (AvgIpc) is 3.26. The molecule has 3 rings (SSSR count). The Morgan fingerprint density at radius 2 is 2.23 bits per heavy atom. The lowest BCUT2D eigenvalue weighted by molar-refractivity contribution is -0.142. The maximum atomic E-state index is 12.2. The van der Waals surface area contributed by atoms with Crippen LogP contribution < -0.4 is 10.1 Å². The van der Waals surface area contributed by atoms with Crippen molar-refractivity contribution in [3.63, 3.8) is 0 Å². The van der Waals surface area contributed by atoms with Crippen LogP contribution in [-0.2, 0) is 16.0 Å². The minimum atomic E-state index is -0.965. The Morgan fingerprint density at radius 3 is 2.86 bits per heavy atom. The highest BCUT2D eigenvalue weighted by atomic mass is 16.5. The van der Waals surface area contributed by atoms with Gasteiger partial charge in [-0.15, -0.1) is 0 Å². The zero-order valence-corrected chi connectivity index (χ0v) is 12.3. The van der Waals surface area contributed by atoms with Gasteiger partial charge in [0.05, 0.1) is 13.5 Å².